The molecule has 0 aromatic rings. The van der Waals surface area contributed by atoms with E-state index < -0.39 is 6.10 Å². The van der Waals surface area contributed by atoms with Gasteiger partial charge in [0.2, 0.25) is 0 Å². The Morgan fingerprint density at radius 2 is 0.678 bits per heavy atom. The van der Waals surface area contributed by atoms with E-state index in [4.69, 9.17) is 14.2 Å². The van der Waals surface area contributed by atoms with Gasteiger partial charge in [-0.05, 0) is 64.2 Å². The van der Waals surface area contributed by atoms with E-state index >= 15 is 0 Å². The Morgan fingerprint density at radius 1 is 0.356 bits per heavy atom. The van der Waals surface area contributed by atoms with Gasteiger partial charge in [-0.15, -0.1) is 0 Å². The zero-order chi connectivity index (χ0) is 43.0. The Labute approximate surface area is 364 Å². The number of hydrogen-bond acceptors (Lipinski definition) is 6. The molecule has 0 saturated heterocycles. The van der Waals surface area contributed by atoms with Crippen molar-refractivity contribution in [1.29, 1.82) is 0 Å². The molecular weight excluding hydrogens is 733 g/mol. The van der Waals surface area contributed by atoms with Crippen LogP contribution < -0.4 is 0 Å². The second-order valence-corrected chi connectivity index (χ2v) is 16.4. The van der Waals surface area contributed by atoms with Crippen LogP contribution in [0.15, 0.2) is 60.8 Å². The highest BCUT2D eigenvalue weighted by atomic mass is 16.6. The lowest BCUT2D eigenvalue weighted by atomic mass is 10.1. The van der Waals surface area contributed by atoms with Crippen LogP contribution >= 0.6 is 0 Å². The summed E-state index contributed by atoms with van der Waals surface area (Å²) >= 11 is 0. The van der Waals surface area contributed by atoms with E-state index in [0.717, 1.165) is 70.6 Å². The van der Waals surface area contributed by atoms with E-state index in [0.29, 0.717) is 12.8 Å². The summed E-state index contributed by atoms with van der Waals surface area (Å²) in [6.45, 7) is 6.45. The Bertz CT molecular complexity index is 1090. The predicted octanol–water partition coefficient (Wildman–Crippen LogP) is 16.1. The van der Waals surface area contributed by atoms with Crippen LogP contribution in [-0.2, 0) is 28.6 Å². The third kappa shape index (κ3) is 46.0. The monoisotopic (exact) mass is 825 g/mol. The van der Waals surface area contributed by atoms with Crippen LogP contribution in [0.2, 0.25) is 0 Å². The first-order chi connectivity index (χ1) is 29.0. The van der Waals surface area contributed by atoms with E-state index in [1.165, 1.54) is 128 Å². The number of rotatable bonds is 44. The maximum absolute atomic E-state index is 12.7. The molecule has 0 N–H and O–H groups in total. The first-order valence-corrected chi connectivity index (χ1v) is 24.8. The van der Waals surface area contributed by atoms with Gasteiger partial charge in [-0.2, -0.15) is 0 Å². The summed E-state index contributed by atoms with van der Waals surface area (Å²) in [4.78, 5) is 37.8. The van der Waals surface area contributed by atoms with Gasteiger partial charge < -0.3 is 14.2 Å². The largest absolute Gasteiger partial charge is 0.462 e. The first-order valence-electron chi connectivity index (χ1n) is 24.8. The van der Waals surface area contributed by atoms with Crippen molar-refractivity contribution in [1.82, 2.24) is 0 Å². The van der Waals surface area contributed by atoms with Gasteiger partial charge in [0, 0.05) is 19.3 Å². The van der Waals surface area contributed by atoms with Gasteiger partial charge in [0.25, 0.3) is 0 Å². The maximum atomic E-state index is 12.7. The van der Waals surface area contributed by atoms with E-state index in [9.17, 15) is 14.4 Å². The van der Waals surface area contributed by atoms with Crippen molar-refractivity contribution in [3.8, 4) is 0 Å². The van der Waals surface area contributed by atoms with Crippen molar-refractivity contribution in [2.75, 3.05) is 13.2 Å². The number of esters is 3. The molecule has 0 aromatic heterocycles. The van der Waals surface area contributed by atoms with Crippen LogP contribution in [0.1, 0.15) is 239 Å². The molecule has 0 fully saturated rings. The van der Waals surface area contributed by atoms with Gasteiger partial charge in [-0.1, -0.05) is 216 Å². The van der Waals surface area contributed by atoms with Crippen LogP contribution in [0.25, 0.3) is 0 Å². The normalized spacial score (nSPS) is 12.5. The zero-order valence-corrected chi connectivity index (χ0v) is 38.8. The summed E-state index contributed by atoms with van der Waals surface area (Å²) in [6.07, 6.45) is 57.8. The highest BCUT2D eigenvalue weighted by molar-refractivity contribution is 5.71. The van der Waals surface area contributed by atoms with Gasteiger partial charge in [0.1, 0.15) is 13.2 Å². The van der Waals surface area contributed by atoms with Gasteiger partial charge in [0.05, 0.1) is 0 Å². The average molecular weight is 825 g/mol. The molecule has 340 valence electrons. The van der Waals surface area contributed by atoms with Gasteiger partial charge in [-0.25, -0.2) is 0 Å². The molecular formula is C53H92O6. The minimum atomic E-state index is -0.792. The molecule has 0 aliphatic rings. The van der Waals surface area contributed by atoms with Crippen LogP contribution in [0.5, 0.6) is 0 Å². The second-order valence-electron chi connectivity index (χ2n) is 16.4. The minimum absolute atomic E-state index is 0.0901. The van der Waals surface area contributed by atoms with Crippen LogP contribution in [0.4, 0.5) is 0 Å². The van der Waals surface area contributed by atoms with Crippen molar-refractivity contribution < 1.29 is 28.6 Å². The van der Waals surface area contributed by atoms with Crippen molar-refractivity contribution in [3.05, 3.63) is 60.8 Å². The fourth-order valence-electron chi connectivity index (χ4n) is 6.86. The summed E-state index contributed by atoms with van der Waals surface area (Å²) in [5.41, 5.74) is 0. The number of unbranched alkanes of at least 4 members (excludes halogenated alkanes) is 26. The van der Waals surface area contributed by atoms with Gasteiger partial charge >= 0.3 is 17.9 Å². The topological polar surface area (TPSA) is 78.9 Å². The van der Waals surface area contributed by atoms with Crippen LogP contribution in [0.3, 0.4) is 0 Å². The summed E-state index contributed by atoms with van der Waals surface area (Å²) in [5.74, 6) is -0.933. The molecule has 0 bridgehead atoms. The lowest BCUT2D eigenvalue weighted by Gasteiger charge is -2.18. The quantitative estimate of drug-likeness (QED) is 0.0200. The molecule has 6 nitrogen and oxygen atoms in total. The Kier molecular flexibility index (Phi) is 45.4. The highest BCUT2D eigenvalue weighted by Crippen LogP contribution is 2.14. The summed E-state index contributed by atoms with van der Waals surface area (Å²) in [5, 5.41) is 0. The molecule has 0 aliphatic carbocycles. The van der Waals surface area contributed by atoms with E-state index in [1.54, 1.807) is 0 Å². The third-order valence-electron chi connectivity index (χ3n) is 10.6. The summed E-state index contributed by atoms with van der Waals surface area (Å²) in [6, 6.07) is 0. The molecule has 0 aliphatic heterocycles. The Balaban J connectivity index is 4.40. The highest BCUT2D eigenvalue weighted by Gasteiger charge is 2.19. The van der Waals surface area contributed by atoms with Gasteiger partial charge in [0.15, 0.2) is 6.10 Å². The molecule has 6 heteroatoms. The van der Waals surface area contributed by atoms with Crippen molar-refractivity contribution in [2.45, 2.75) is 245 Å². The Morgan fingerprint density at radius 3 is 1.10 bits per heavy atom. The van der Waals surface area contributed by atoms with Gasteiger partial charge in [-0.3, -0.25) is 14.4 Å². The molecule has 1 unspecified atom stereocenters. The molecule has 0 radical (unpaired) electrons. The molecule has 0 amide bonds. The molecule has 0 aromatic carbocycles. The molecule has 0 heterocycles. The van der Waals surface area contributed by atoms with E-state index in [1.807, 2.05) is 36.5 Å². The first kappa shape index (κ1) is 56.1. The summed E-state index contributed by atoms with van der Waals surface area (Å²) < 4.78 is 16.7. The average Bonchev–Trinajstić information content (AvgIpc) is 3.23. The number of allylic oxidation sites excluding steroid dienone is 10. The number of carbonyl (C=O) groups excluding carboxylic acids is 3. The van der Waals surface area contributed by atoms with E-state index in [2.05, 4.69) is 45.1 Å². The zero-order valence-electron chi connectivity index (χ0n) is 38.8. The molecule has 1 atom stereocenters. The fourth-order valence-corrected chi connectivity index (χ4v) is 6.86. The third-order valence-corrected chi connectivity index (χ3v) is 10.6. The van der Waals surface area contributed by atoms with Crippen LogP contribution in [0, 0.1) is 0 Å². The molecule has 0 saturated carbocycles. The second kappa shape index (κ2) is 47.8. The maximum Gasteiger partial charge on any atom is 0.306 e. The van der Waals surface area contributed by atoms with Crippen molar-refractivity contribution >= 4 is 17.9 Å². The molecule has 0 rings (SSSR count). The standard InChI is InChI=1S/C53H92O6/c1-4-7-10-13-16-19-22-24-25-26-27-29-31-34-37-40-43-46-52(55)58-49-50(48-57-51(54)45-42-39-36-33-30-21-18-15-12-9-6-3)59-53(56)47-44-41-38-35-32-28-23-20-17-14-11-8-5-2/h8,11,14,17,20,23-25,28,32,50H,4-7,9-10,12-13,15-16,18-19,21-22,26-27,29-31,33-49H2,1-3H3/b11-8-,17-14-,23-20-,25-24-,32-28-. The minimum Gasteiger partial charge on any atom is -0.462 e. The smallest absolute Gasteiger partial charge is 0.306 e. The van der Waals surface area contributed by atoms with E-state index in [-0.39, 0.29) is 37.5 Å². The molecule has 0 spiro atoms. The predicted molar refractivity (Wildman–Crippen MR) is 251 cm³/mol. The number of ether oxygens (including phenoxy) is 3. The van der Waals surface area contributed by atoms with Crippen LogP contribution in [-0.4, -0.2) is 37.2 Å². The SMILES string of the molecule is CC\C=C/C=C\C=C/C=C\CCCCCC(=O)OC(COC(=O)CCCCCCCCC/C=C\CCCCCCCC)COC(=O)CCCCCCCCCCCCC. The van der Waals surface area contributed by atoms with Crippen molar-refractivity contribution in [3.63, 3.8) is 0 Å². The number of hydrogen-bond donors (Lipinski definition) is 0. The lowest BCUT2D eigenvalue weighted by molar-refractivity contribution is -0.167. The van der Waals surface area contributed by atoms with Crippen molar-refractivity contribution in [2.24, 2.45) is 0 Å². The fraction of sp³-hybridized carbons (Fsp3) is 0.755. The number of carbonyl (C=O) groups is 3. The Hall–Kier alpha value is -2.89. The summed E-state index contributed by atoms with van der Waals surface area (Å²) in [7, 11) is 0. The lowest BCUT2D eigenvalue weighted by Crippen LogP contribution is -2.30. The molecule has 59 heavy (non-hydrogen) atoms.